The first-order valence-electron chi connectivity index (χ1n) is 6.95. The van der Waals surface area contributed by atoms with E-state index in [4.69, 9.17) is 15.2 Å². The Labute approximate surface area is 105 Å². The van der Waals surface area contributed by atoms with Gasteiger partial charge in [-0.2, -0.15) is 0 Å². The van der Waals surface area contributed by atoms with E-state index in [1.165, 1.54) is 12.8 Å². The summed E-state index contributed by atoms with van der Waals surface area (Å²) in [6.07, 6.45) is 5.03. The van der Waals surface area contributed by atoms with E-state index >= 15 is 0 Å². The van der Waals surface area contributed by atoms with Crippen molar-refractivity contribution in [2.75, 3.05) is 13.2 Å². The summed E-state index contributed by atoms with van der Waals surface area (Å²) in [4.78, 5) is 0. The Hall–Kier alpha value is -0.120. The van der Waals surface area contributed by atoms with Gasteiger partial charge in [-0.25, -0.2) is 0 Å². The lowest BCUT2D eigenvalue weighted by atomic mass is 9.71. The highest BCUT2D eigenvalue weighted by atomic mass is 16.5. The zero-order chi connectivity index (χ0) is 12.5. The van der Waals surface area contributed by atoms with Gasteiger partial charge in [0.15, 0.2) is 0 Å². The van der Waals surface area contributed by atoms with E-state index in [1.54, 1.807) is 0 Å². The van der Waals surface area contributed by atoms with Crippen LogP contribution in [0.1, 0.15) is 46.5 Å². The highest BCUT2D eigenvalue weighted by Crippen LogP contribution is 2.40. The summed E-state index contributed by atoms with van der Waals surface area (Å²) in [7, 11) is 0. The molecule has 1 saturated heterocycles. The van der Waals surface area contributed by atoms with Crippen molar-refractivity contribution < 1.29 is 9.47 Å². The van der Waals surface area contributed by atoms with E-state index in [9.17, 15) is 0 Å². The molecule has 17 heavy (non-hydrogen) atoms. The van der Waals surface area contributed by atoms with Gasteiger partial charge in [-0.3, -0.25) is 0 Å². The summed E-state index contributed by atoms with van der Waals surface area (Å²) in [5.74, 6) is 0.754. The van der Waals surface area contributed by atoms with E-state index < -0.39 is 0 Å². The molecule has 2 N–H and O–H groups in total. The minimum atomic E-state index is 0.106. The third-order valence-corrected chi connectivity index (χ3v) is 4.07. The van der Waals surface area contributed by atoms with Crippen LogP contribution in [-0.2, 0) is 9.47 Å². The SMILES string of the molecule is CC1CC(OC2COCCC2N)CC(C)(C)C1. The lowest BCUT2D eigenvalue weighted by molar-refractivity contribution is -0.119. The van der Waals surface area contributed by atoms with Gasteiger partial charge in [-0.15, -0.1) is 0 Å². The molecule has 0 aromatic heterocycles. The molecular formula is C14H27NO2. The zero-order valence-corrected chi connectivity index (χ0v) is 11.4. The third-order valence-electron chi connectivity index (χ3n) is 4.07. The molecule has 1 saturated carbocycles. The smallest absolute Gasteiger partial charge is 0.0963 e. The largest absolute Gasteiger partial charge is 0.379 e. The fraction of sp³-hybridized carbons (Fsp3) is 1.00. The molecular weight excluding hydrogens is 214 g/mol. The fourth-order valence-corrected chi connectivity index (χ4v) is 3.48. The van der Waals surface area contributed by atoms with Crippen LogP contribution >= 0.6 is 0 Å². The first kappa shape index (κ1) is 13.3. The van der Waals surface area contributed by atoms with Crippen molar-refractivity contribution in [3.63, 3.8) is 0 Å². The molecule has 4 unspecified atom stereocenters. The molecule has 100 valence electrons. The van der Waals surface area contributed by atoms with Crippen molar-refractivity contribution in [2.45, 2.75) is 64.7 Å². The first-order chi connectivity index (χ1) is 7.96. The van der Waals surface area contributed by atoms with Crippen LogP contribution in [0.4, 0.5) is 0 Å². The van der Waals surface area contributed by atoms with Crippen LogP contribution in [0.3, 0.4) is 0 Å². The standard InChI is InChI=1S/C14H27NO2/c1-10-6-11(8-14(2,3)7-10)17-13-9-16-5-4-12(13)15/h10-13H,4-9,15H2,1-3H3. The van der Waals surface area contributed by atoms with E-state index in [2.05, 4.69) is 20.8 Å². The van der Waals surface area contributed by atoms with Gasteiger partial charge in [0.2, 0.25) is 0 Å². The van der Waals surface area contributed by atoms with Crippen molar-refractivity contribution in [1.29, 1.82) is 0 Å². The van der Waals surface area contributed by atoms with Crippen LogP contribution in [-0.4, -0.2) is 31.5 Å². The van der Waals surface area contributed by atoms with Gasteiger partial charge in [0.25, 0.3) is 0 Å². The van der Waals surface area contributed by atoms with Gasteiger partial charge in [-0.05, 0) is 37.0 Å². The molecule has 4 atom stereocenters. The average molecular weight is 241 g/mol. The molecule has 0 bridgehead atoms. The van der Waals surface area contributed by atoms with Gasteiger partial charge in [0.1, 0.15) is 0 Å². The van der Waals surface area contributed by atoms with E-state index in [0.717, 1.165) is 25.4 Å². The molecule has 2 aliphatic rings. The molecule has 1 aliphatic heterocycles. The topological polar surface area (TPSA) is 44.5 Å². The highest BCUT2D eigenvalue weighted by molar-refractivity contribution is 4.86. The van der Waals surface area contributed by atoms with Crippen molar-refractivity contribution in [1.82, 2.24) is 0 Å². The molecule has 0 aromatic carbocycles. The minimum Gasteiger partial charge on any atom is -0.379 e. The summed E-state index contributed by atoms with van der Waals surface area (Å²) in [6, 6.07) is 0.157. The van der Waals surface area contributed by atoms with E-state index in [1.807, 2.05) is 0 Å². The van der Waals surface area contributed by atoms with Crippen molar-refractivity contribution >= 4 is 0 Å². The molecule has 1 aliphatic carbocycles. The number of hydrogen-bond donors (Lipinski definition) is 1. The Morgan fingerprint density at radius 1 is 1.29 bits per heavy atom. The summed E-state index contributed by atoms with van der Waals surface area (Å²) >= 11 is 0. The van der Waals surface area contributed by atoms with Crippen LogP contribution in [0.25, 0.3) is 0 Å². The lowest BCUT2D eigenvalue weighted by Gasteiger charge is -2.41. The molecule has 2 rings (SSSR count). The van der Waals surface area contributed by atoms with Gasteiger partial charge < -0.3 is 15.2 Å². The quantitative estimate of drug-likeness (QED) is 0.807. The Kier molecular flexibility index (Phi) is 4.11. The average Bonchev–Trinajstić information content (AvgIpc) is 2.18. The maximum absolute atomic E-state index is 6.20. The first-order valence-corrected chi connectivity index (χ1v) is 6.95. The number of hydrogen-bond acceptors (Lipinski definition) is 3. The molecule has 2 fully saturated rings. The van der Waals surface area contributed by atoms with Crippen molar-refractivity contribution in [3.05, 3.63) is 0 Å². The maximum atomic E-state index is 6.20. The van der Waals surface area contributed by atoms with Crippen molar-refractivity contribution in [2.24, 2.45) is 17.1 Å². The Bertz CT molecular complexity index is 255. The molecule has 0 spiro atoms. The summed E-state index contributed by atoms with van der Waals surface area (Å²) in [6.45, 7) is 8.47. The molecule has 1 heterocycles. The molecule has 0 aromatic rings. The summed E-state index contributed by atoms with van der Waals surface area (Å²) < 4.78 is 11.7. The summed E-state index contributed by atoms with van der Waals surface area (Å²) in [5, 5.41) is 0. The predicted octanol–water partition coefficient (Wildman–Crippen LogP) is 2.33. The van der Waals surface area contributed by atoms with Gasteiger partial charge in [0.05, 0.1) is 18.8 Å². The predicted molar refractivity (Wildman–Crippen MR) is 68.9 cm³/mol. The second-order valence-electron chi connectivity index (χ2n) is 6.74. The zero-order valence-electron chi connectivity index (χ0n) is 11.4. The van der Waals surface area contributed by atoms with Crippen LogP contribution in [0.2, 0.25) is 0 Å². The number of nitrogens with two attached hydrogens (primary N) is 1. The van der Waals surface area contributed by atoms with Crippen LogP contribution in [0, 0.1) is 11.3 Å². The molecule has 0 radical (unpaired) electrons. The fourth-order valence-electron chi connectivity index (χ4n) is 3.48. The van der Waals surface area contributed by atoms with Crippen LogP contribution in [0.5, 0.6) is 0 Å². The lowest BCUT2D eigenvalue weighted by Crippen LogP contribution is -2.47. The normalized spacial score (nSPS) is 42.4. The third kappa shape index (κ3) is 3.67. The second-order valence-corrected chi connectivity index (χ2v) is 6.74. The number of ether oxygens (including phenoxy) is 2. The second kappa shape index (κ2) is 5.25. The van der Waals surface area contributed by atoms with E-state index in [0.29, 0.717) is 18.1 Å². The van der Waals surface area contributed by atoms with Crippen molar-refractivity contribution in [3.8, 4) is 0 Å². The van der Waals surface area contributed by atoms with Gasteiger partial charge in [0, 0.05) is 12.6 Å². The monoisotopic (exact) mass is 241 g/mol. The van der Waals surface area contributed by atoms with Crippen LogP contribution in [0.15, 0.2) is 0 Å². The Morgan fingerprint density at radius 3 is 2.71 bits per heavy atom. The van der Waals surface area contributed by atoms with Gasteiger partial charge >= 0.3 is 0 Å². The van der Waals surface area contributed by atoms with E-state index in [-0.39, 0.29) is 12.1 Å². The Morgan fingerprint density at radius 2 is 2.06 bits per heavy atom. The Balaban J connectivity index is 1.89. The molecule has 3 nitrogen and oxygen atoms in total. The summed E-state index contributed by atoms with van der Waals surface area (Å²) in [5.41, 5.74) is 6.50. The minimum absolute atomic E-state index is 0.106. The van der Waals surface area contributed by atoms with Gasteiger partial charge in [-0.1, -0.05) is 20.8 Å². The highest BCUT2D eigenvalue weighted by Gasteiger charge is 2.35. The van der Waals surface area contributed by atoms with Crippen LogP contribution < -0.4 is 5.73 Å². The molecule has 3 heteroatoms. The molecule has 0 amide bonds. The maximum Gasteiger partial charge on any atom is 0.0963 e. The number of rotatable bonds is 2.